The summed E-state index contributed by atoms with van der Waals surface area (Å²) in [4.78, 5) is 4.13. The minimum absolute atomic E-state index is 0.121. The Labute approximate surface area is 195 Å². The molecule has 2 heterocycles. The van der Waals surface area contributed by atoms with Crippen LogP contribution < -0.4 is 0 Å². The van der Waals surface area contributed by atoms with Crippen molar-refractivity contribution >= 4 is 44.3 Å². The van der Waals surface area contributed by atoms with Crippen molar-refractivity contribution in [2.45, 2.75) is 13.0 Å². The molecule has 0 saturated carbocycles. The first-order valence-electron chi connectivity index (χ1n) is 9.60. The first-order chi connectivity index (χ1) is 15.0. The van der Waals surface area contributed by atoms with E-state index in [4.69, 9.17) is 23.2 Å². The predicted octanol–water partition coefficient (Wildman–Crippen LogP) is 3.79. The number of aryl methyl sites for hydroxylation is 2. The summed E-state index contributed by atoms with van der Waals surface area (Å²) in [5.74, 6) is 0.243. The highest BCUT2D eigenvalue weighted by molar-refractivity contribution is 7.87. The molecule has 1 N–H and O–H groups in total. The van der Waals surface area contributed by atoms with Gasteiger partial charge in [-0.2, -0.15) is 17.8 Å². The van der Waals surface area contributed by atoms with Gasteiger partial charge in [-0.05, 0) is 19.1 Å². The van der Waals surface area contributed by atoms with Crippen LogP contribution in [0.4, 0.5) is 0 Å². The molecule has 0 aliphatic heterocycles. The predicted molar refractivity (Wildman–Crippen MR) is 125 cm³/mol. The Hall–Kier alpha value is -2.43. The van der Waals surface area contributed by atoms with Crippen molar-refractivity contribution in [3.63, 3.8) is 0 Å². The number of hydrogen-bond donors (Lipinski definition) is 1. The number of rotatable bonds is 5. The van der Waals surface area contributed by atoms with Crippen molar-refractivity contribution in [1.82, 2.24) is 23.0 Å². The van der Waals surface area contributed by atoms with E-state index in [9.17, 15) is 13.5 Å². The fraction of sp³-hybridized carbons (Fsp3) is 0.238. The molecule has 0 aliphatic rings. The minimum Gasteiger partial charge on any atom is -0.380 e. The van der Waals surface area contributed by atoms with Crippen LogP contribution in [0, 0.1) is 6.92 Å². The van der Waals surface area contributed by atoms with Crippen molar-refractivity contribution in [2.24, 2.45) is 7.05 Å². The van der Waals surface area contributed by atoms with Crippen LogP contribution in [0.25, 0.3) is 22.0 Å². The van der Waals surface area contributed by atoms with Gasteiger partial charge in [0.05, 0.1) is 17.6 Å². The zero-order valence-corrected chi connectivity index (χ0v) is 20.1. The van der Waals surface area contributed by atoms with Crippen LogP contribution in [-0.4, -0.2) is 50.7 Å². The third kappa shape index (κ3) is 3.60. The quantitative estimate of drug-likeness (QED) is 0.456. The molecular weight excluding hydrogens is 473 g/mol. The van der Waals surface area contributed by atoms with Crippen LogP contribution in [0.3, 0.4) is 0 Å². The van der Waals surface area contributed by atoms with Gasteiger partial charge in [-0.15, -0.1) is 0 Å². The summed E-state index contributed by atoms with van der Waals surface area (Å²) in [6.45, 7) is 1.57. The van der Waals surface area contributed by atoms with Gasteiger partial charge >= 0.3 is 10.2 Å². The highest BCUT2D eigenvalue weighted by Gasteiger charge is 2.30. The Balaban J connectivity index is 1.92. The lowest BCUT2D eigenvalue weighted by Crippen LogP contribution is -2.31. The molecule has 0 spiro atoms. The van der Waals surface area contributed by atoms with Crippen molar-refractivity contribution in [1.29, 1.82) is 0 Å². The Morgan fingerprint density at radius 3 is 2.50 bits per heavy atom. The molecule has 1 unspecified atom stereocenters. The molecule has 32 heavy (non-hydrogen) atoms. The summed E-state index contributed by atoms with van der Waals surface area (Å²) in [5, 5.41) is 17.6. The lowest BCUT2D eigenvalue weighted by molar-refractivity contribution is 0.205. The number of nitrogens with zero attached hydrogens (tertiary/aromatic N) is 5. The average Bonchev–Trinajstić information content (AvgIpc) is 3.27. The van der Waals surface area contributed by atoms with Crippen LogP contribution in [-0.2, 0) is 17.3 Å². The smallest absolute Gasteiger partial charge is 0.308 e. The van der Waals surface area contributed by atoms with Gasteiger partial charge in [0.1, 0.15) is 17.4 Å². The number of aromatic nitrogens is 4. The van der Waals surface area contributed by atoms with E-state index >= 15 is 0 Å². The number of halogens is 2. The van der Waals surface area contributed by atoms with E-state index in [1.54, 1.807) is 26.1 Å². The van der Waals surface area contributed by atoms with E-state index < -0.39 is 16.3 Å². The second-order valence-electron chi connectivity index (χ2n) is 7.52. The highest BCUT2D eigenvalue weighted by Crippen LogP contribution is 2.37. The first kappa shape index (κ1) is 22.8. The number of imidazole rings is 1. The van der Waals surface area contributed by atoms with Gasteiger partial charge in [0.2, 0.25) is 0 Å². The second-order valence-corrected chi connectivity index (χ2v) is 10.4. The fourth-order valence-corrected chi connectivity index (χ4v) is 5.35. The first-order valence-corrected chi connectivity index (χ1v) is 11.8. The molecule has 1 atom stereocenters. The Kier molecular flexibility index (Phi) is 5.81. The number of aliphatic hydroxyl groups is 1. The molecule has 4 rings (SSSR count). The molecule has 168 valence electrons. The van der Waals surface area contributed by atoms with Crippen LogP contribution in [0.15, 0.2) is 42.6 Å². The largest absolute Gasteiger partial charge is 0.380 e. The molecule has 11 heteroatoms. The standard InChI is InChI=1S/C21H21Cl2N5O3S/c1-12-24-11-18(28(12)32(30,31)26(2)3)21(29)20-16-7-5-6-15(19(16)25-27(20)4)14-9-8-13(22)10-17(14)23/h5-11,21,29H,1-4H3. The van der Waals surface area contributed by atoms with Crippen molar-refractivity contribution in [2.75, 3.05) is 14.1 Å². The van der Waals surface area contributed by atoms with Gasteiger partial charge in [0, 0.05) is 47.7 Å². The number of fused-ring (bicyclic) bond motifs is 1. The van der Waals surface area contributed by atoms with E-state index in [-0.39, 0.29) is 11.5 Å². The third-order valence-corrected chi connectivity index (χ3v) is 7.68. The molecular formula is C21H21Cl2N5O3S. The van der Waals surface area contributed by atoms with Crippen molar-refractivity contribution in [3.05, 3.63) is 69.9 Å². The van der Waals surface area contributed by atoms with Gasteiger partial charge in [0.25, 0.3) is 0 Å². The van der Waals surface area contributed by atoms with Crippen LogP contribution in [0.2, 0.25) is 10.0 Å². The second kappa shape index (κ2) is 8.17. The number of benzene rings is 2. The van der Waals surface area contributed by atoms with Crippen LogP contribution in [0.5, 0.6) is 0 Å². The van der Waals surface area contributed by atoms with Gasteiger partial charge in [-0.3, -0.25) is 4.68 Å². The van der Waals surface area contributed by atoms with E-state index in [1.807, 2.05) is 24.3 Å². The highest BCUT2D eigenvalue weighted by atomic mass is 35.5. The summed E-state index contributed by atoms with van der Waals surface area (Å²) in [6.07, 6.45) is 0.0663. The van der Waals surface area contributed by atoms with Gasteiger partial charge in [-0.1, -0.05) is 47.5 Å². The molecule has 0 aliphatic carbocycles. The average molecular weight is 494 g/mol. The van der Waals surface area contributed by atoms with Crippen LogP contribution >= 0.6 is 23.2 Å². The molecule has 0 radical (unpaired) electrons. The third-order valence-electron chi connectivity index (χ3n) is 5.28. The Bertz CT molecular complexity index is 1440. The zero-order chi connectivity index (χ0) is 23.4. The lowest BCUT2D eigenvalue weighted by Gasteiger charge is -2.19. The van der Waals surface area contributed by atoms with E-state index in [1.165, 1.54) is 25.0 Å². The molecule has 8 nitrogen and oxygen atoms in total. The topological polar surface area (TPSA) is 93.2 Å². The van der Waals surface area contributed by atoms with Gasteiger partial charge < -0.3 is 5.11 Å². The minimum atomic E-state index is -3.89. The number of aliphatic hydroxyl groups excluding tert-OH is 1. The SMILES string of the molecule is Cc1ncc(C(O)c2c3cccc(-c4ccc(Cl)cc4Cl)c3nn2C)n1S(=O)(=O)N(C)C. The summed E-state index contributed by atoms with van der Waals surface area (Å²) in [5.41, 5.74) is 2.69. The maximum absolute atomic E-state index is 12.9. The van der Waals surface area contributed by atoms with E-state index in [0.29, 0.717) is 26.6 Å². The Morgan fingerprint density at radius 2 is 1.84 bits per heavy atom. The molecule has 0 saturated heterocycles. The molecule has 0 fully saturated rings. The van der Waals surface area contributed by atoms with Crippen molar-refractivity contribution < 1.29 is 13.5 Å². The summed E-state index contributed by atoms with van der Waals surface area (Å²) in [7, 11) is 0.650. The zero-order valence-electron chi connectivity index (χ0n) is 17.8. The van der Waals surface area contributed by atoms with Crippen LogP contribution in [0.1, 0.15) is 23.3 Å². The van der Waals surface area contributed by atoms with Gasteiger partial charge in [-0.25, -0.2) is 8.96 Å². The summed E-state index contributed by atoms with van der Waals surface area (Å²) in [6, 6.07) is 10.7. The summed E-state index contributed by atoms with van der Waals surface area (Å²) < 4.78 is 29.3. The molecule has 0 amide bonds. The molecule has 4 aromatic rings. The molecule has 2 aromatic carbocycles. The normalized spacial score (nSPS) is 13.2. The lowest BCUT2D eigenvalue weighted by atomic mass is 10.0. The summed E-state index contributed by atoms with van der Waals surface area (Å²) >= 11 is 12.5. The van der Waals surface area contributed by atoms with E-state index in [0.717, 1.165) is 19.4 Å². The monoisotopic (exact) mass is 493 g/mol. The molecule has 2 aromatic heterocycles. The Morgan fingerprint density at radius 1 is 1.12 bits per heavy atom. The van der Waals surface area contributed by atoms with Crippen molar-refractivity contribution in [3.8, 4) is 11.1 Å². The number of hydrogen-bond acceptors (Lipinski definition) is 5. The van der Waals surface area contributed by atoms with Gasteiger partial charge in [0.15, 0.2) is 0 Å². The molecule has 0 bridgehead atoms. The maximum atomic E-state index is 12.9. The van der Waals surface area contributed by atoms with E-state index in [2.05, 4.69) is 10.1 Å². The fourth-order valence-electron chi connectivity index (χ4n) is 3.72. The maximum Gasteiger partial charge on any atom is 0.308 e.